The van der Waals surface area contributed by atoms with Crippen LogP contribution in [0.4, 0.5) is 55.3 Å². The van der Waals surface area contributed by atoms with E-state index in [1.54, 1.807) is 60.7 Å². The molecule has 0 atom stereocenters. The fourth-order valence-corrected chi connectivity index (χ4v) is 3.47. The number of ether oxygens (including phenoxy) is 1. The number of anilines is 4. The van der Waals surface area contributed by atoms with Crippen molar-refractivity contribution in [1.29, 1.82) is 0 Å². The molecule has 0 radical (unpaired) electrons. The zero-order valence-corrected chi connectivity index (χ0v) is 20.8. The number of rotatable bonds is 9. The van der Waals surface area contributed by atoms with Gasteiger partial charge in [0, 0.05) is 23.0 Å². The van der Waals surface area contributed by atoms with Crippen molar-refractivity contribution in [1.82, 2.24) is 15.0 Å². The molecule has 0 aliphatic carbocycles. The molecule has 42 heavy (non-hydrogen) atoms. The predicted molar refractivity (Wildman–Crippen MR) is 137 cm³/mol. The Labute approximate surface area is 231 Å². The fraction of sp³-hybridized carbons (Fsp3) is 0.120. The lowest BCUT2D eigenvalue weighted by Gasteiger charge is -2.25. The van der Waals surface area contributed by atoms with E-state index >= 15 is 0 Å². The monoisotopic (exact) mass is 593 g/mol. The van der Waals surface area contributed by atoms with E-state index in [9.17, 15) is 41.6 Å². The second kappa shape index (κ2) is 11.9. The Morgan fingerprint density at radius 1 is 0.881 bits per heavy atom. The average Bonchev–Trinajstić information content (AvgIpc) is 2.93. The topological polar surface area (TPSA) is 139 Å². The van der Waals surface area contributed by atoms with E-state index in [0.717, 1.165) is 12.3 Å². The van der Waals surface area contributed by atoms with Gasteiger partial charge in [-0.2, -0.15) is 46.4 Å². The number of nitrogens with one attached hydrogen (secondary N) is 1. The molecule has 4 rings (SSSR count). The van der Waals surface area contributed by atoms with Gasteiger partial charge in [-0.15, -0.1) is 0 Å². The molecule has 3 aromatic carbocycles. The van der Waals surface area contributed by atoms with Crippen LogP contribution in [-0.2, 0) is 0 Å². The van der Waals surface area contributed by atoms with E-state index in [2.05, 4.69) is 30.2 Å². The Kier molecular flexibility index (Phi) is 8.39. The molecule has 1 heterocycles. The molecule has 0 fully saturated rings. The second-order valence-corrected chi connectivity index (χ2v) is 8.17. The van der Waals surface area contributed by atoms with E-state index < -0.39 is 52.7 Å². The van der Waals surface area contributed by atoms with Crippen molar-refractivity contribution in [2.45, 2.75) is 18.5 Å². The molecular weight excluding hydrogens is 576 g/mol. The first kappa shape index (κ1) is 29.5. The first-order chi connectivity index (χ1) is 19.8. The number of hydrogen-bond donors (Lipinski definition) is 2. The number of para-hydroxylation sites is 3. The standard InChI is InChI=1S/C25H17F6N7O4/c26-24(27,28)20(25(29,30)31)42-23-34-21(36-32-14-15-8-7-13-18(19(15)39)38(40)41)33-22(35-23)37(16-9-3-1-4-10-16)17-11-5-2-6-12-17/h1-14,20,39H,(H,33,34,35,36)/b32-14+. The van der Waals surface area contributed by atoms with Gasteiger partial charge in [0.2, 0.25) is 11.7 Å². The van der Waals surface area contributed by atoms with Crippen LogP contribution in [0.1, 0.15) is 5.56 Å². The molecule has 0 aliphatic heterocycles. The number of aromatic nitrogens is 3. The van der Waals surface area contributed by atoms with Crippen molar-refractivity contribution in [3.63, 3.8) is 0 Å². The number of hydrogen-bond acceptors (Lipinski definition) is 10. The summed E-state index contributed by atoms with van der Waals surface area (Å²) < 4.78 is 83.9. The zero-order valence-electron chi connectivity index (χ0n) is 20.8. The number of phenols is 1. The van der Waals surface area contributed by atoms with Crippen LogP contribution in [0, 0.1) is 10.1 Å². The molecule has 11 nitrogen and oxygen atoms in total. The third-order valence-electron chi connectivity index (χ3n) is 5.26. The van der Waals surface area contributed by atoms with E-state index in [4.69, 9.17) is 0 Å². The maximum Gasteiger partial charge on any atom is 0.434 e. The van der Waals surface area contributed by atoms with Crippen molar-refractivity contribution in [3.05, 3.63) is 94.5 Å². The highest BCUT2D eigenvalue weighted by molar-refractivity contribution is 5.86. The van der Waals surface area contributed by atoms with Gasteiger partial charge in [-0.1, -0.05) is 42.5 Å². The molecule has 0 amide bonds. The minimum Gasteiger partial charge on any atom is -0.502 e. The minimum absolute atomic E-state index is 0.146. The van der Waals surface area contributed by atoms with Crippen LogP contribution in [-0.4, -0.2) is 49.7 Å². The third-order valence-corrected chi connectivity index (χ3v) is 5.26. The van der Waals surface area contributed by atoms with Gasteiger partial charge in [-0.25, -0.2) is 5.43 Å². The number of halogens is 6. The van der Waals surface area contributed by atoms with Gasteiger partial charge in [-0.05, 0) is 30.3 Å². The highest BCUT2D eigenvalue weighted by Crippen LogP contribution is 2.37. The number of nitro groups is 1. The van der Waals surface area contributed by atoms with Crippen LogP contribution < -0.4 is 15.1 Å². The number of nitro benzene ring substituents is 1. The first-order valence-electron chi connectivity index (χ1n) is 11.6. The molecule has 2 N–H and O–H groups in total. The summed E-state index contributed by atoms with van der Waals surface area (Å²) in [6.45, 7) is 0. The summed E-state index contributed by atoms with van der Waals surface area (Å²) in [5.74, 6) is -1.85. The van der Waals surface area contributed by atoms with E-state index in [-0.39, 0.29) is 5.56 Å². The van der Waals surface area contributed by atoms with Crippen molar-refractivity contribution < 1.29 is 41.1 Å². The van der Waals surface area contributed by atoms with Gasteiger partial charge in [0.05, 0.1) is 11.1 Å². The van der Waals surface area contributed by atoms with Crippen LogP contribution in [0.5, 0.6) is 11.8 Å². The van der Waals surface area contributed by atoms with Gasteiger partial charge < -0.3 is 9.84 Å². The van der Waals surface area contributed by atoms with Crippen LogP contribution in [0.3, 0.4) is 0 Å². The minimum atomic E-state index is -5.87. The lowest BCUT2D eigenvalue weighted by atomic mass is 10.2. The van der Waals surface area contributed by atoms with E-state index in [0.29, 0.717) is 11.4 Å². The third kappa shape index (κ3) is 6.98. The molecule has 1 aromatic heterocycles. The summed E-state index contributed by atoms with van der Waals surface area (Å²) in [7, 11) is 0. The molecule has 218 valence electrons. The summed E-state index contributed by atoms with van der Waals surface area (Å²) in [4.78, 5) is 22.8. The van der Waals surface area contributed by atoms with Crippen molar-refractivity contribution >= 4 is 35.2 Å². The molecule has 4 aromatic rings. The fourth-order valence-electron chi connectivity index (χ4n) is 3.47. The number of phenolic OH excluding ortho intramolecular Hbond substituents is 1. The second-order valence-electron chi connectivity index (χ2n) is 8.17. The molecular formula is C25H17F6N7O4. The summed E-state index contributed by atoms with van der Waals surface area (Å²) in [5, 5.41) is 24.8. The lowest BCUT2D eigenvalue weighted by Crippen LogP contribution is -2.47. The average molecular weight is 593 g/mol. The predicted octanol–water partition coefficient (Wildman–Crippen LogP) is 6.27. The van der Waals surface area contributed by atoms with Crippen molar-refractivity contribution in [2.24, 2.45) is 5.10 Å². The summed E-state index contributed by atoms with van der Waals surface area (Å²) in [5.41, 5.74) is 2.18. The first-order valence-corrected chi connectivity index (χ1v) is 11.6. The normalized spacial score (nSPS) is 12.0. The van der Waals surface area contributed by atoms with Crippen LogP contribution in [0.15, 0.2) is 84.0 Å². The molecule has 0 saturated heterocycles. The quantitative estimate of drug-likeness (QED) is 0.0994. The smallest absolute Gasteiger partial charge is 0.434 e. The molecule has 0 unspecified atom stereocenters. The summed E-state index contributed by atoms with van der Waals surface area (Å²) in [6, 6.07) is 18.4. The highest BCUT2D eigenvalue weighted by atomic mass is 19.4. The Morgan fingerprint density at radius 2 is 1.45 bits per heavy atom. The number of aromatic hydroxyl groups is 1. The molecule has 0 bridgehead atoms. The zero-order chi connectivity index (χ0) is 30.5. The SMILES string of the molecule is O=[N+]([O-])c1cccc(/C=N/Nc2nc(OC(C(F)(F)F)C(F)(F)F)nc(N(c3ccccc3)c3ccccc3)n2)c1O. The molecule has 17 heteroatoms. The van der Waals surface area contributed by atoms with Gasteiger partial charge in [0.15, 0.2) is 0 Å². The van der Waals surface area contributed by atoms with Crippen molar-refractivity contribution in [2.75, 3.05) is 10.3 Å². The summed E-state index contributed by atoms with van der Waals surface area (Å²) in [6.07, 6.45) is -15.1. The van der Waals surface area contributed by atoms with Crippen LogP contribution in [0.25, 0.3) is 0 Å². The van der Waals surface area contributed by atoms with Gasteiger partial charge in [0.25, 0.3) is 12.1 Å². The van der Waals surface area contributed by atoms with Crippen molar-refractivity contribution in [3.8, 4) is 11.8 Å². The number of nitrogens with zero attached hydrogens (tertiary/aromatic N) is 6. The van der Waals surface area contributed by atoms with E-state index in [1.165, 1.54) is 17.0 Å². The Balaban J connectivity index is 1.80. The molecule has 0 aliphatic rings. The summed E-state index contributed by atoms with van der Waals surface area (Å²) >= 11 is 0. The van der Waals surface area contributed by atoms with Gasteiger partial charge >= 0.3 is 24.1 Å². The maximum atomic E-state index is 13.3. The maximum absolute atomic E-state index is 13.3. The van der Waals surface area contributed by atoms with Gasteiger partial charge in [-0.3, -0.25) is 15.0 Å². The number of alkyl halides is 6. The molecule has 0 saturated carbocycles. The Hall–Kier alpha value is -5.48. The largest absolute Gasteiger partial charge is 0.502 e. The van der Waals surface area contributed by atoms with Gasteiger partial charge in [0.1, 0.15) is 0 Å². The number of benzene rings is 3. The molecule has 0 spiro atoms. The lowest BCUT2D eigenvalue weighted by molar-refractivity contribution is -0.385. The van der Waals surface area contributed by atoms with Crippen LogP contribution in [0.2, 0.25) is 0 Å². The number of hydrazone groups is 1. The van der Waals surface area contributed by atoms with Crippen LogP contribution >= 0.6 is 0 Å². The Bertz CT molecular complexity index is 1520. The highest BCUT2D eigenvalue weighted by Gasteiger charge is 2.59. The van der Waals surface area contributed by atoms with E-state index in [1.807, 2.05) is 0 Å². The Morgan fingerprint density at radius 3 is 1.98 bits per heavy atom.